The molecule has 0 aromatic heterocycles. The third-order valence-electron chi connectivity index (χ3n) is 7.06. The monoisotopic (exact) mass is 764 g/mol. The van der Waals surface area contributed by atoms with Gasteiger partial charge in [0.05, 0.1) is 0 Å². The molecule has 0 bridgehead atoms. The van der Waals surface area contributed by atoms with Gasteiger partial charge in [-0.2, -0.15) is 4.39 Å². The molecule has 3 unspecified atom stereocenters. The minimum absolute atomic E-state index is 0. The van der Waals surface area contributed by atoms with Gasteiger partial charge in [0, 0.05) is 54.4 Å². The molecule has 3 atom stereocenters. The Bertz CT molecular complexity index is 916. The van der Waals surface area contributed by atoms with Crippen LogP contribution in [0, 0.1) is 60.9 Å². The van der Waals surface area contributed by atoms with E-state index in [2.05, 4.69) is 38.7 Å². The van der Waals surface area contributed by atoms with Crippen LogP contribution in [0.25, 0.3) is 0 Å². The molecule has 2 aliphatic carbocycles. The summed E-state index contributed by atoms with van der Waals surface area (Å²) in [6.07, 6.45) is 16.9. The Labute approximate surface area is 290 Å². The number of nitrogens with two attached hydrogens (primary N) is 1. The molecular weight excluding hydrogens is 710 g/mol. The Morgan fingerprint density at radius 3 is 2.10 bits per heavy atom. The summed E-state index contributed by atoms with van der Waals surface area (Å²) in [6.45, 7) is 26.5. The van der Waals surface area contributed by atoms with Gasteiger partial charge in [0.1, 0.15) is 0 Å². The van der Waals surface area contributed by atoms with Crippen LogP contribution in [0.3, 0.4) is 0 Å². The van der Waals surface area contributed by atoms with Crippen molar-refractivity contribution in [1.29, 1.82) is 0 Å². The van der Waals surface area contributed by atoms with Crippen molar-refractivity contribution in [2.45, 2.75) is 107 Å². The van der Waals surface area contributed by atoms with Crippen molar-refractivity contribution in [3.63, 3.8) is 0 Å². The second kappa shape index (κ2) is 26.3. The van der Waals surface area contributed by atoms with E-state index in [4.69, 9.17) is 17.3 Å². The average molecular weight is 765 g/mol. The van der Waals surface area contributed by atoms with E-state index in [-0.39, 0.29) is 56.0 Å². The number of aliphatic imine (C=N–C) groups is 1. The zero-order valence-corrected chi connectivity index (χ0v) is 29.9. The maximum absolute atomic E-state index is 13.2. The molecule has 0 saturated heterocycles. The minimum Gasteiger partial charge on any atom is -0.541 e. The third-order valence-corrected chi connectivity index (χ3v) is 7.29. The fourth-order valence-corrected chi connectivity index (χ4v) is 4.10. The van der Waals surface area contributed by atoms with Crippen LogP contribution >= 0.6 is 11.6 Å². The van der Waals surface area contributed by atoms with Gasteiger partial charge in [-0.25, -0.2) is 13.8 Å². The summed E-state index contributed by atoms with van der Waals surface area (Å²) in [5, 5.41) is 0.576. The molecule has 0 spiro atoms. The third kappa shape index (κ3) is 23.4. The zero-order chi connectivity index (χ0) is 32.8. The molecule has 0 heterocycles. The summed E-state index contributed by atoms with van der Waals surface area (Å²) in [5.41, 5.74) is 7.83. The topological polar surface area (TPSA) is 55.4 Å². The van der Waals surface area contributed by atoms with E-state index in [9.17, 15) is 18.0 Å². The maximum Gasteiger partial charge on any atom is 0.251 e. The van der Waals surface area contributed by atoms with Crippen molar-refractivity contribution in [2.24, 2.45) is 33.9 Å². The number of nitrogens with zero attached hydrogens (tertiary/aromatic N) is 1. The zero-order valence-electron chi connectivity index (χ0n) is 27.2. The van der Waals surface area contributed by atoms with Gasteiger partial charge < -0.3 is 10.5 Å². The largest absolute Gasteiger partial charge is 0.541 e. The Balaban J connectivity index is -0.000000237. The Morgan fingerprint density at radius 2 is 1.79 bits per heavy atom. The number of alkyl halides is 2. The fourth-order valence-electron chi connectivity index (χ4n) is 3.77. The summed E-state index contributed by atoms with van der Waals surface area (Å²) in [7, 11) is 0. The number of carbonyl (C=O) groups excluding carboxylic acids is 1. The number of hydrogen-bond acceptors (Lipinski definition) is 3. The molecule has 0 aromatic rings. The molecule has 247 valence electrons. The predicted molar refractivity (Wildman–Crippen MR) is 175 cm³/mol. The molecular formula is C34H55ClF3HoN2O-. The van der Waals surface area contributed by atoms with Gasteiger partial charge >= 0.3 is 0 Å². The molecule has 2 aliphatic rings. The molecule has 3 nitrogen and oxygen atoms in total. The van der Waals surface area contributed by atoms with Crippen LogP contribution in [-0.2, 0) is 4.79 Å². The first-order valence-corrected chi connectivity index (χ1v) is 14.8. The second-order valence-corrected chi connectivity index (χ2v) is 10.8. The van der Waals surface area contributed by atoms with Crippen LogP contribution in [0.4, 0.5) is 13.2 Å². The van der Waals surface area contributed by atoms with Crippen LogP contribution in [0.2, 0.25) is 0 Å². The van der Waals surface area contributed by atoms with Crippen LogP contribution in [0.15, 0.2) is 76.4 Å². The standard InChI is InChI=1S/C12H17ClF2.C8H9FNO.C8H16.C4H7N.C2H6.Ho/c1-7-5-10(13)6-11(8(7)2)9(3)12(4,14)15;1-7(5-6-11)3-4-8(9)10-2;1-3-5-8(4-2)6-7-8;1-3-4(2)5;1-2;/h5-9H,1-4H3;3-4H,2,5H2,1H3;3-7H2,1-2H3;3H,1-2,5H2;1-2H3;/q;-1;;;;/b;7-3-,8-4-;;;;. The van der Waals surface area contributed by atoms with Crippen molar-refractivity contribution in [3.8, 4) is 0 Å². The molecule has 8 heteroatoms. The van der Waals surface area contributed by atoms with Gasteiger partial charge in [0.2, 0.25) is 5.95 Å². The molecule has 2 rings (SSSR count). The molecule has 1 radical (unpaired) electrons. The van der Waals surface area contributed by atoms with Gasteiger partial charge in [-0.3, -0.25) is 6.29 Å². The van der Waals surface area contributed by atoms with Crippen molar-refractivity contribution in [1.82, 2.24) is 0 Å². The normalized spacial score (nSPS) is 19.3. The molecule has 0 aromatic carbocycles. The fraction of sp³-hybridized carbons (Fsp3) is 0.588. The van der Waals surface area contributed by atoms with Gasteiger partial charge in [0.15, 0.2) is 0 Å². The summed E-state index contributed by atoms with van der Waals surface area (Å²) in [6, 6.07) is 0. The van der Waals surface area contributed by atoms with Crippen LogP contribution in [-0.4, -0.2) is 18.9 Å². The molecule has 42 heavy (non-hydrogen) atoms. The van der Waals surface area contributed by atoms with Gasteiger partial charge in [-0.1, -0.05) is 109 Å². The second-order valence-electron chi connectivity index (χ2n) is 10.4. The number of allylic oxidation sites excluding steroid dienone is 8. The van der Waals surface area contributed by atoms with Gasteiger partial charge in [-0.15, -0.1) is 6.42 Å². The number of rotatable bonds is 10. The van der Waals surface area contributed by atoms with Crippen LogP contribution < -0.4 is 5.73 Å². The summed E-state index contributed by atoms with van der Waals surface area (Å²) >= 11 is 5.91. The van der Waals surface area contributed by atoms with Crippen molar-refractivity contribution < 1.29 is 55.7 Å². The number of halogens is 4. The van der Waals surface area contributed by atoms with E-state index in [1.165, 1.54) is 44.3 Å². The molecule has 1 fully saturated rings. The molecule has 2 N–H and O–H groups in total. The van der Waals surface area contributed by atoms with Crippen molar-refractivity contribution in [2.75, 3.05) is 0 Å². The van der Waals surface area contributed by atoms with Gasteiger partial charge in [-0.05, 0) is 75.3 Å². The Kier molecular flexibility index (Phi) is 30.0. The molecule has 1 saturated carbocycles. The summed E-state index contributed by atoms with van der Waals surface area (Å²) in [5.74, 6) is -3.74. The maximum atomic E-state index is 13.2. The molecule has 0 aliphatic heterocycles. The van der Waals surface area contributed by atoms with E-state index in [1.54, 1.807) is 26.2 Å². The van der Waals surface area contributed by atoms with E-state index in [1.807, 2.05) is 33.8 Å². The summed E-state index contributed by atoms with van der Waals surface area (Å²) in [4.78, 5) is 12.8. The number of hydrogen-bond donors (Lipinski definition) is 1. The van der Waals surface area contributed by atoms with Crippen LogP contribution in [0.5, 0.6) is 0 Å². The van der Waals surface area contributed by atoms with E-state index in [0.29, 0.717) is 10.7 Å². The Hall–Kier alpha value is -1.08. The smallest absolute Gasteiger partial charge is 0.251 e. The van der Waals surface area contributed by atoms with E-state index >= 15 is 0 Å². The Morgan fingerprint density at radius 1 is 1.29 bits per heavy atom. The first kappa shape index (κ1) is 47.8. The van der Waals surface area contributed by atoms with Crippen molar-refractivity contribution >= 4 is 24.6 Å². The van der Waals surface area contributed by atoms with E-state index < -0.39 is 17.8 Å². The van der Waals surface area contributed by atoms with Crippen molar-refractivity contribution in [3.05, 3.63) is 71.4 Å². The average Bonchev–Trinajstić information content (AvgIpc) is 3.71. The first-order valence-electron chi connectivity index (χ1n) is 14.4. The van der Waals surface area contributed by atoms with Gasteiger partial charge in [0.25, 0.3) is 5.92 Å². The van der Waals surface area contributed by atoms with E-state index in [0.717, 1.165) is 29.6 Å². The SMILES string of the molecule is C=CC(=C)N.C=N/C(F)=C\C=C(\C)C[C-]=O.CC.CC1C=C(Cl)C=C(C(C)C(C)(F)F)C1C.CCCC1(CC)CC1.[Ho]. The summed E-state index contributed by atoms with van der Waals surface area (Å²) < 4.78 is 38.7. The molecule has 0 amide bonds. The minimum atomic E-state index is -2.69. The predicted octanol–water partition coefficient (Wildman–Crippen LogP) is 11.2. The van der Waals surface area contributed by atoms with Crippen LogP contribution in [0.1, 0.15) is 101 Å². The first-order chi connectivity index (χ1) is 19.0. The quantitative estimate of drug-likeness (QED) is 0.0792.